The van der Waals surface area contributed by atoms with E-state index in [0.29, 0.717) is 26.2 Å². The third kappa shape index (κ3) is 8.94. The molecule has 0 saturated heterocycles. The lowest BCUT2D eigenvalue weighted by Crippen LogP contribution is -2.25. The third-order valence-electron chi connectivity index (χ3n) is 8.10. The molecule has 7 rings (SSSR count). The van der Waals surface area contributed by atoms with Crippen LogP contribution >= 0.6 is 15.9 Å². The van der Waals surface area contributed by atoms with Gasteiger partial charge in [0.15, 0.2) is 13.2 Å². The predicted octanol–water partition coefficient (Wildman–Crippen LogP) is 7.70. The largest absolute Gasteiger partial charge is 0.471 e. The van der Waals surface area contributed by atoms with Gasteiger partial charge in [0.05, 0.1) is 6.20 Å². The summed E-state index contributed by atoms with van der Waals surface area (Å²) in [6.45, 7) is 1.53. The molecule has 1 N–H and O–H groups in total. The number of rotatable bonds is 11. The molecule has 0 radical (unpaired) electrons. The highest BCUT2D eigenvalue weighted by Crippen LogP contribution is 2.33. The van der Waals surface area contributed by atoms with Gasteiger partial charge < -0.3 is 19.3 Å². The van der Waals surface area contributed by atoms with E-state index in [2.05, 4.69) is 36.1 Å². The molecule has 3 aromatic heterocycles. The quantitative estimate of drug-likeness (QED) is 0.137. The number of carbonyl (C=O) groups is 2. The van der Waals surface area contributed by atoms with E-state index in [4.69, 9.17) is 9.47 Å². The van der Waals surface area contributed by atoms with E-state index < -0.39 is 25.1 Å². The SMILES string of the molecule is CC(F)(F)COc1nccc2c1C(=O)N(Cc1ccc(-c3cn[nH]c3)cc1)C2.CC(F)(F)COc1nccc2c1C(=O)N(Cc1ccc(Br)cc1)C2. The van der Waals surface area contributed by atoms with Gasteiger partial charge in [0.25, 0.3) is 23.7 Å². The van der Waals surface area contributed by atoms with Crippen molar-refractivity contribution in [2.45, 2.75) is 51.9 Å². The number of alkyl halides is 4. The van der Waals surface area contributed by atoms with E-state index in [1.165, 1.54) is 12.4 Å². The first-order valence-corrected chi connectivity index (χ1v) is 16.9. The van der Waals surface area contributed by atoms with E-state index in [9.17, 15) is 27.2 Å². The molecule has 2 aliphatic heterocycles. The van der Waals surface area contributed by atoms with Gasteiger partial charge in [-0.15, -0.1) is 0 Å². The zero-order valence-electron chi connectivity index (χ0n) is 28.1. The summed E-state index contributed by atoms with van der Waals surface area (Å²) in [7, 11) is 0. The standard InChI is InChI=1S/C20H18F2N4O2.C17H15BrF2N2O2/c1-20(21,22)12-28-18-17-15(6-7-23-18)11-26(19(17)27)10-13-2-4-14(5-3-13)16-8-24-25-9-16;1-17(19,20)10-24-15-14-12(6-7-21-15)9-22(16(14)23)8-11-2-4-13(18)5-3-11/h2-9H,10-12H2,1H3,(H,24,25);2-7H,8-10H2,1H3. The Labute approximate surface area is 304 Å². The van der Waals surface area contributed by atoms with Crippen LogP contribution in [0.2, 0.25) is 0 Å². The molecule has 0 fully saturated rings. The van der Waals surface area contributed by atoms with Gasteiger partial charge in [-0.25, -0.2) is 27.5 Å². The van der Waals surface area contributed by atoms with Crippen molar-refractivity contribution in [2.24, 2.45) is 0 Å². The van der Waals surface area contributed by atoms with Crippen molar-refractivity contribution in [3.05, 3.63) is 123 Å². The molecule has 2 amide bonds. The Kier molecular flexibility index (Phi) is 10.6. The van der Waals surface area contributed by atoms with Crippen LogP contribution in [0.15, 0.2) is 89.9 Å². The second-order valence-electron chi connectivity index (χ2n) is 12.7. The molecule has 2 aromatic carbocycles. The van der Waals surface area contributed by atoms with Gasteiger partial charge in [0, 0.05) is 68.7 Å². The first kappa shape index (κ1) is 36.5. The minimum absolute atomic E-state index is 0.0302. The van der Waals surface area contributed by atoms with E-state index in [-0.39, 0.29) is 34.7 Å². The smallest absolute Gasteiger partial charge is 0.278 e. The van der Waals surface area contributed by atoms with E-state index in [1.807, 2.05) is 54.7 Å². The Morgan fingerprint density at radius 2 is 1.17 bits per heavy atom. The fourth-order valence-corrected chi connectivity index (χ4v) is 5.92. The first-order chi connectivity index (χ1) is 24.7. The van der Waals surface area contributed by atoms with Crippen molar-refractivity contribution in [3.8, 4) is 22.9 Å². The molecule has 0 bridgehead atoms. The fraction of sp³-hybridized carbons (Fsp3) is 0.270. The molecular formula is C37H33BrF4N6O4. The van der Waals surface area contributed by atoms with Crippen LogP contribution in [0.1, 0.15) is 56.8 Å². The number of nitrogens with one attached hydrogen (secondary N) is 1. The van der Waals surface area contributed by atoms with Gasteiger partial charge in [0.1, 0.15) is 11.1 Å². The molecule has 270 valence electrons. The number of H-pyrrole nitrogens is 1. The lowest BCUT2D eigenvalue weighted by atomic mass is 10.1. The van der Waals surface area contributed by atoms with E-state index in [0.717, 1.165) is 51.7 Å². The molecule has 0 saturated carbocycles. The molecule has 10 nitrogen and oxygen atoms in total. The van der Waals surface area contributed by atoms with Crippen LogP contribution in [0.4, 0.5) is 17.6 Å². The lowest BCUT2D eigenvalue weighted by molar-refractivity contribution is -0.0248. The number of pyridine rings is 2. The highest BCUT2D eigenvalue weighted by Gasteiger charge is 2.34. The van der Waals surface area contributed by atoms with Gasteiger partial charge in [-0.2, -0.15) is 5.10 Å². The summed E-state index contributed by atoms with van der Waals surface area (Å²) in [4.78, 5) is 36.6. The summed E-state index contributed by atoms with van der Waals surface area (Å²) in [5, 5.41) is 6.71. The number of amides is 2. The number of benzene rings is 2. The molecule has 0 aliphatic carbocycles. The average Bonchev–Trinajstić information content (AvgIpc) is 3.83. The van der Waals surface area contributed by atoms with Crippen molar-refractivity contribution >= 4 is 27.7 Å². The zero-order valence-corrected chi connectivity index (χ0v) is 29.7. The van der Waals surface area contributed by atoms with Crippen LogP contribution in [0.5, 0.6) is 11.8 Å². The zero-order chi connectivity index (χ0) is 37.0. The lowest BCUT2D eigenvalue weighted by Gasteiger charge is -2.16. The summed E-state index contributed by atoms with van der Waals surface area (Å²) in [6, 6.07) is 18.9. The summed E-state index contributed by atoms with van der Waals surface area (Å²) in [6.07, 6.45) is 6.49. The number of hydrogen-bond acceptors (Lipinski definition) is 7. The monoisotopic (exact) mass is 780 g/mol. The van der Waals surface area contributed by atoms with Gasteiger partial charge in [-0.3, -0.25) is 14.7 Å². The second-order valence-corrected chi connectivity index (χ2v) is 13.6. The highest BCUT2D eigenvalue weighted by molar-refractivity contribution is 9.10. The highest BCUT2D eigenvalue weighted by atomic mass is 79.9. The number of nitrogens with zero attached hydrogens (tertiary/aromatic N) is 5. The maximum absolute atomic E-state index is 13.1. The molecule has 0 unspecified atom stereocenters. The number of aromatic amines is 1. The summed E-state index contributed by atoms with van der Waals surface area (Å²) in [5.41, 5.74) is 5.95. The number of hydrogen-bond donors (Lipinski definition) is 1. The van der Waals surface area contributed by atoms with Crippen LogP contribution in [0, 0.1) is 0 Å². The Morgan fingerprint density at radius 3 is 1.60 bits per heavy atom. The third-order valence-corrected chi connectivity index (χ3v) is 8.63. The number of ether oxygens (including phenoxy) is 2. The Balaban J connectivity index is 0.000000181. The van der Waals surface area contributed by atoms with Crippen LogP contribution < -0.4 is 9.47 Å². The molecule has 5 aromatic rings. The van der Waals surface area contributed by atoms with Crippen molar-refractivity contribution in [1.29, 1.82) is 0 Å². The van der Waals surface area contributed by atoms with Crippen LogP contribution in [-0.4, -0.2) is 66.8 Å². The minimum atomic E-state index is -3.00. The second kappa shape index (κ2) is 15.1. The van der Waals surface area contributed by atoms with E-state index in [1.54, 1.807) is 28.1 Å². The van der Waals surface area contributed by atoms with Crippen molar-refractivity contribution < 1.29 is 36.6 Å². The van der Waals surface area contributed by atoms with Crippen LogP contribution in [0.25, 0.3) is 11.1 Å². The normalized spacial score (nSPS) is 13.8. The molecule has 15 heteroatoms. The molecule has 0 spiro atoms. The molecule has 2 aliphatic rings. The van der Waals surface area contributed by atoms with Gasteiger partial charge in [0.2, 0.25) is 11.8 Å². The average molecular weight is 782 g/mol. The number of aromatic nitrogens is 4. The Hall–Kier alpha value is -5.31. The van der Waals surface area contributed by atoms with Crippen LogP contribution in [-0.2, 0) is 26.2 Å². The fourth-order valence-electron chi connectivity index (χ4n) is 5.66. The van der Waals surface area contributed by atoms with E-state index >= 15 is 0 Å². The van der Waals surface area contributed by atoms with Crippen molar-refractivity contribution in [1.82, 2.24) is 30.0 Å². The molecule has 52 heavy (non-hydrogen) atoms. The number of halogens is 5. The maximum Gasteiger partial charge on any atom is 0.278 e. The Bertz CT molecular complexity index is 2040. The summed E-state index contributed by atoms with van der Waals surface area (Å²) >= 11 is 3.37. The molecule has 5 heterocycles. The van der Waals surface area contributed by atoms with Gasteiger partial charge >= 0.3 is 0 Å². The van der Waals surface area contributed by atoms with Crippen molar-refractivity contribution in [3.63, 3.8) is 0 Å². The van der Waals surface area contributed by atoms with Crippen LogP contribution in [0.3, 0.4) is 0 Å². The molecular weight excluding hydrogens is 748 g/mol. The van der Waals surface area contributed by atoms with Crippen molar-refractivity contribution in [2.75, 3.05) is 13.2 Å². The summed E-state index contributed by atoms with van der Waals surface area (Å²) < 4.78 is 63.4. The van der Waals surface area contributed by atoms with Gasteiger partial charge in [-0.1, -0.05) is 52.3 Å². The van der Waals surface area contributed by atoms with Gasteiger partial charge in [-0.05, 0) is 52.1 Å². The minimum Gasteiger partial charge on any atom is -0.471 e. The first-order valence-electron chi connectivity index (χ1n) is 16.1. The Morgan fingerprint density at radius 1 is 0.712 bits per heavy atom. The molecule has 0 atom stereocenters. The summed E-state index contributed by atoms with van der Waals surface area (Å²) in [5.74, 6) is -6.57. The maximum atomic E-state index is 13.1. The topological polar surface area (TPSA) is 114 Å². The number of fused-ring (bicyclic) bond motifs is 2. The predicted molar refractivity (Wildman–Crippen MR) is 186 cm³/mol. The number of carbonyl (C=O) groups excluding carboxylic acids is 2.